The molecule has 2 heterocycles. The molecule has 2 aromatic heterocycles. The molecule has 0 radical (unpaired) electrons. The number of carbonyl (C=O) groups excluding carboxylic acids is 1. The van der Waals surface area contributed by atoms with Crippen molar-refractivity contribution < 1.29 is 4.79 Å². The van der Waals surface area contributed by atoms with Gasteiger partial charge in [0.25, 0.3) is 5.91 Å². The molecule has 40 heavy (non-hydrogen) atoms. The summed E-state index contributed by atoms with van der Waals surface area (Å²) in [6, 6.07) is 29.3. The minimum atomic E-state index is -0.0825. The lowest BCUT2D eigenvalue weighted by Gasteiger charge is -2.10. The van der Waals surface area contributed by atoms with Gasteiger partial charge in [-0.25, -0.2) is 9.97 Å². The fraction of sp³-hybridized carbons (Fsp3) is 0.125. The Kier molecular flexibility index (Phi) is 6.56. The Morgan fingerprint density at radius 1 is 0.775 bits per heavy atom. The van der Waals surface area contributed by atoms with Gasteiger partial charge in [0.2, 0.25) is 0 Å². The van der Waals surface area contributed by atoms with Gasteiger partial charge in [0.15, 0.2) is 0 Å². The average molecular weight is 526 g/mol. The van der Waals surface area contributed by atoms with Gasteiger partial charge in [-0.1, -0.05) is 24.3 Å². The maximum atomic E-state index is 12.4. The Hall–Kier alpha value is -5.26. The summed E-state index contributed by atoms with van der Waals surface area (Å²) in [6.45, 7) is 1.39. The molecule has 0 aliphatic heterocycles. The smallest absolute Gasteiger partial charge is 0.251 e. The van der Waals surface area contributed by atoms with E-state index in [1.807, 2.05) is 67.5 Å². The highest BCUT2D eigenvalue weighted by atomic mass is 16.1. The Balaban J connectivity index is 1.23. The van der Waals surface area contributed by atoms with Gasteiger partial charge in [-0.15, -0.1) is 0 Å². The molecule has 0 unspecified atom stereocenters. The van der Waals surface area contributed by atoms with Crippen LogP contribution in [0.25, 0.3) is 56.0 Å². The van der Waals surface area contributed by atoms with Crippen molar-refractivity contribution in [3.05, 3.63) is 96.1 Å². The molecule has 0 spiro atoms. The van der Waals surface area contributed by atoms with Gasteiger partial charge in [0.05, 0.1) is 33.7 Å². The van der Waals surface area contributed by atoms with Crippen molar-refractivity contribution in [2.75, 3.05) is 27.2 Å². The van der Waals surface area contributed by atoms with Crippen molar-refractivity contribution in [1.29, 1.82) is 5.26 Å². The van der Waals surface area contributed by atoms with Gasteiger partial charge in [-0.2, -0.15) is 5.26 Å². The number of rotatable bonds is 7. The molecule has 8 nitrogen and oxygen atoms in total. The van der Waals surface area contributed by atoms with Crippen molar-refractivity contribution >= 4 is 28.0 Å². The molecule has 3 N–H and O–H groups in total. The molecule has 6 aromatic rings. The van der Waals surface area contributed by atoms with E-state index in [0.29, 0.717) is 17.7 Å². The van der Waals surface area contributed by atoms with Crippen molar-refractivity contribution in [3.8, 4) is 40.0 Å². The van der Waals surface area contributed by atoms with Gasteiger partial charge in [0.1, 0.15) is 11.6 Å². The van der Waals surface area contributed by atoms with Crippen LogP contribution in [0.2, 0.25) is 0 Å². The summed E-state index contributed by atoms with van der Waals surface area (Å²) in [5.41, 5.74) is 8.80. The third-order valence-electron chi connectivity index (χ3n) is 6.85. The van der Waals surface area contributed by atoms with Crippen LogP contribution in [0.5, 0.6) is 0 Å². The lowest BCUT2D eigenvalue weighted by atomic mass is 10.0. The van der Waals surface area contributed by atoms with E-state index < -0.39 is 0 Å². The summed E-state index contributed by atoms with van der Waals surface area (Å²) in [4.78, 5) is 30.8. The number of aromatic amines is 2. The fourth-order valence-electron chi connectivity index (χ4n) is 4.63. The number of carbonyl (C=O) groups is 1. The number of H-pyrrole nitrogens is 2. The summed E-state index contributed by atoms with van der Waals surface area (Å²) in [7, 11) is 3.95. The second-order valence-electron chi connectivity index (χ2n) is 9.96. The monoisotopic (exact) mass is 525 g/mol. The van der Waals surface area contributed by atoms with Crippen molar-refractivity contribution in [2.24, 2.45) is 0 Å². The third-order valence-corrected chi connectivity index (χ3v) is 6.85. The van der Waals surface area contributed by atoms with Crippen molar-refractivity contribution in [3.63, 3.8) is 0 Å². The van der Waals surface area contributed by atoms with Crippen LogP contribution >= 0.6 is 0 Å². The summed E-state index contributed by atoms with van der Waals surface area (Å²) in [5, 5.41) is 12.0. The van der Waals surface area contributed by atoms with E-state index in [9.17, 15) is 4.79 Å². The first-order chi connectivity index (χ1) is 19.5. The molecule has 6 rings (SSSR count). The van der Waals surface area contributed by atoms with E-state index in [1.54, 1.807) is 12.1 Å². The molecule has 0 atom stereocenters. The highest BCUT2D eigenvalue weighted by Crippen LogP contribution is 2.29. The zero-order chi connectivity index (χ0) is 27.6. The summed E-state index contributed by atoms with van der Waals surface area (Å²) < 4.78 is 0. The quantitative estimate of drug-likeness (QED) is 0.251. The molecule has 8 heteroatoms. The molecule has 0 aliphatic carbocycles. The third kappa shape index (κ3) is 5.06. The van der Waals surface area contributed by atoms with Gasteiger partial charge in [-0.05, 0) is 85.9 Å². The normalized spacial score (nSPS) is 11.2. The van der Waals surface area contributed by atoms with Crippen LogP contribution in [0, 0.1) is 11.3 Å². The second kappa shape index (κ2) is 10.5. The number of aromatic nitrogens is 4. The highest BCUT2D eigenvalue weighted by Gasteiger charge is 2.11. The first kappa shape index (κ1) is 25.0. The number of likely N-dealkylation sites (N-methyl/N-ethyl adjacent to an activating group) is 1. The zero-order valence-electron chi connectivity index (χ0n) is 22.2. The van der Waals surface area contributed by atoms with Gasteiger partial charge < -0.3 is 20.2 Å². The second-order valence-corrected chi connectivity index (χ2v) is 9.96. The number of benzene rings is 4. The number of imidazole rings is 2. The molecule has 0 aliphatic rings. The maximum absolute atomic E-state index is 12.4. The molecule has 196 valence electrons. The Bertz CT molecular complexity index is 1870. The van der Waals surface area contributed by atoms with E-state index in [4.69, 9.17) is 15.2 Å². The SMILES string of the molecule is CN(C)CCNC(=O)c1ccc(-c2nc3cc(-c4ccc5nc(-c6ccc(C#N)cc6)[nH]c5c4)ccc3[nH]2)cc1. The van der Waals surface area contributed by atoms with Gasteiger partial charge >= 0.3 is 0 Å². The topological polar surface area (TPSA) is 113 Å². The van der Waals surface area contributed by atoms with E-state index >= 15 is 0 Å². The van der Waals surface area contributed by atoms with Crippen LogP contribution in [0.1, 0.15) is 15.9 Å². The number of nitriles is 1. The standard InChI is InChI=1S/C32H27N7O/c1-39(2)16-15-34-32(40)23-9-7-22(8-10-23)31-36-27-14-12-25(18-29(27)38-31)24-11-13-26-28(17-24)37-30(35-26)21-5-3-20(19-33)4-6-21/h3-14,17-18H,15-16H2,1-2H3,(H,34,40)(H,35,37)(H,36,38). The van der Waals surface area contributed by atoms with E-state index in [-0.39, 0.29) is 5.91 Å². The van der Waals surface area contributed by atoms with Crippen LogP contribution in [0.15, 0.2) is 84.9 Å². The first-order valence-corrected chi connectivity index (χ1v) is 13.0. The number of hydrogen-bond acceptors (Lipinski definition) is 5. The van der Waals surface area contributed by atoms with E-state index in [2.05, 4.69) is 45.6 Å². The Labute approximate surface area is 231 Å². The molecule has 0 fully saturated rings. The first-order valence-electron chi connectivity index (χ1n) is 13.0. The predicted molar refractivity (Wildman–Crippen MR) is 158 cm³/mol. The molecular formula is C32H27N7O. The maximum Gasteiger partial charge on any atom is 0.251 e. The predicted octanol–water partition coefficient (Wildman–Crippen LogP) is 5.60. The highest BCUT2D eigenvalue weighted by molar-refractivity contribution is 5.95. The fourth-order valence-corrected chi connectivity index (χ4v) is 4.63. The number of fused-ring (bicyclic) bond motifs is 2. The molecule has 1 amide bonds. The molecule has 0 bridgehead atoms. The molecule has 0 saturated heterocycles. The zero-order valence-corrected chi connectivity index (χ0v) is 22.2. The Morgan fingerprint density at radius 3 is 2.08 bits per heavy atom. The van der Waals surface area contributed by atoms with Crippen LogP contribution in [-0.2, 0) is 0 Å². The van der Waals surface area contributed by atoms with Crippen LogP contribution in [-0.4, -0.2) is 57.9 Å². The number of amides is 1. The average Bonchev–Trinajstić information content (AvgIpc) is 3.60. The van der Waals surface area contributed by atoms with Crippen molar-refractivity contribution in [2.45, 2.75) is 0 Å². The van der Waals surface area contributed by atoms with Crippen LogP contribution in [0.3, 0.4) is 0 Å². The van der Waals surface area contributed by atoms with E-state index in [1.165, 1.54) is 0 Å². The largest absolute Gasteiger partial charge is 0.351 e. The molecule has 4 aromatic carbocycles. The number of nitrogens with one attached hydrogen (secondary N) is 3. The Morgan fingerprint density at radius 2 is 1.38 bits per heavy atom. The van der Waals surface area contributed by atoms with Crippen molar-refractivity contribution in [1.82, 2.24) is 30.2 Å². The summed E-state index contributed by atoms with van der Waals surface area (Å²) in [6.07, 6.45) is 0. The summed E-state index contributed by atoms with van der Waals surface area (Å²) >= 11 is 0. The number of hydrogen-bond donors (Lipinski definition) is 3. The number of nitrogens with zero attached hydrogens (tertiary/aromatic N) is 4. The van der Waals surface area contributed by atoms with Crippen LogP contribution < -0.4 is 5.32 Å². The lowest BCUT2D eigenvalue weighted by molar-refractivity contribution is 0.0951. The molecular weight excluding hydrogens is 498 g/mol. The van der Waals surface area contributed by atoms with Gasteiger partial charge in [0, 0.05) is 29.8 Å². The van der Waals surface area contributed by atoms with Gasteiger partial charge in [-0.3, -0.25) is 4.79 Å². The minimum Gasteiger partial charge on any atom is -0.351 e. The minimum absolute atomic E-state index is 0.0825. The van der Waals surface area contributed by atoms with Crippen LogP contribution in [0.4, 0.5) is 0 Å². The molecule has 0 saturated carbocycles. The lowest BCUT2D eigenvalue weighted by Crippen LogP contribution is -2.31. The van der Waals surface area contributed by atoms with E-state index in [0.717, 1.165) is 62.5 Å². The summed E-state index contributed by atoms with van der Waals surface area (Å²) in [5.74, 6) is 1.44.